The molecule has 0 atom stereocenters. The van der Waals surface area contributed by atoms with Crippen molar-refractivity contribution in [3.8, 4) is 5.75 Å². The van der Waals surface area contributed by atoms with Crippen LogP contribution in [0.5, 0.6) is 5.75 Å². The van der Waals surface area contributed by atoms with E-state index in [1.807, 2.05) is 18.2 Å². The van der Waals surface area contributed by atoms with Gasteiger partial charge in [0.05, 0.1) is 12.5 Å². The molecule has 0 radical (unpaired) electrons. The van der Waals surface area contributed by atoms with Gasteiger partial charge in [0.25, 0.3) is 0 Å². The lowest BCUT2D eigenvalue weighted by Crippen LogP contribution is -2.35. The van der Waals surface area contributed by atoms with Crippen molar-refractivity contribution in [1.82, 2.24) is 4.90 Å². The summed E-state index contributed by atoms with van der Waals surface area (Å²) < 4.78 is 5.93. The second-order valence-corrected chi connectivity index (χ2v) is 6.53. The Labute approximate surface area is 133 Å². The largest absolute Gasteiger partial charge is 0.493 e. The van der Waals surface area contributed by atoms with Crippen molar-refractivity contribution >= 4 is 5.97 Å². The SMILES string of the molecule is CC(C)CCOc1ccccc1CN1CCC(C(=O)O)CC1. The summed E-state index contributed by atoms with van der Waals surface area (Å²) >= 11 is 0. The predicted molar refractivity (Wildman–Crippen MR) is 87.0 cm³/mol. The number of rotatable bonds is 7. The summed E-state index contributed by atoms with van der Waals surface area (Å²) in [7, 11) is 0. The summed E-state index contributed by atoms with van der Waals surface area (Å²) in [5.41, 5.74) is 1.19. The lowest BCUT2D eigenvalue weighted by molar-refractivity contribution is -0.143. The molecule has 1 aromatic carbocycles. The molecule has 0 spiro atoms. The Bertz CT molecular complexity index is 479. The van der Waals surface area contributed by atoms with Gasteiger partial charge in [-0.1, -0.05) is 32.0 Å². The summed E-state index contributed by atoms with van der Waals surface area (Å²) in [6, 6.07) is 8.17. The normalized spacial score (nSPS) is 16.9. The maximum Gasteiger partial charge on any atom is 0.306 e. The lowest BCUT2D eigenvalue weighted by atomic mass is 9.97. The van der Waals surface area contributed by atoms with E-state index in [1.54, 1.807) is 0 Å². The summed E-state index contributed by atoms with van der Waals surface area (Å²) in [5, 5.41) is 9.06. The molecule has 1 aliphatic heterocycles. The van der Waals surface area contributed by atoms with Crippen LogP contribution < -0.4 is 4.74 Å². The quantitative estimate of drug-likeness (QED) is 0.838. The number of aliphatic carboxylic acids is 1. The Kier molecular flexibility index (Phi) is 6.25. The average Bonchev–Trinajstić information content (AvgIpc) is 2.49. The van der Waals surface area contributed by atoms with Crippen LogP contribution in [0, 0.1) is 11.8 Å². The monoisotopic (exact) mass is 305 g/mol. The van der Waals surface area contributed by atoms with Gasteiger partial charge in [0.1, 0.15) is 5.75 Å². The maximum atomic E-state index is 11.0. The van der Waals surface area contributed by atoms with E-state index < -0.39 is 5.97 Å². The summed E-state index contributed by atoms with van der Waals surface area (Å²) in [4.78, 5) is 13.3. The summed E-state index contributed by atoms with van der Waals surface area (Å²) in [6.07, 6.45) is 2.54. The molecule has 1 saturated heterocycles. The van der Waals surface area contributed by atoms with Gasteiger partial charge < -0.3 is 9.84 Å². The fourth-order valence-electron chi connectivity index (χ4n) is 2.76. The van der Waals surface area contributed by atoms with Crippen molar-refractivity contribution in [3.05, 3.63) is 29.8 Å². The molecule has 1 heterocycles. The molecule has 1 N–H and O–H groups in total. The number of hydrogen-bond acceptors (Lipinski definition) is 3. The molecular weight excluding hydrogens is 278 g/mol. The Morgan fingerprint density at radius 3 is 2.64 bits per heavy atom. The average molecular weight is 305 g/mol. The third-order valence-electron chi connectivity index (χ3n) is 4.26. The van der Waals surface area contributed by atoms with Gasteiger partial charge in [0.15, 0.2) is 0 Å². The Morgan fingerprint density at radius 1 is 1.32 bits per heavy atom. The van der Waals surface area contributed by atoms with Gasteiger partial charge >= 0.3 is 5.97 Å². The van der Waals surface area contributed by atoms with Gasteiger partial charge in [-0.3, -0.25) is 9.69 Å². The summed E-state index contributed by atoms with van der Waals surface area (Å²) in [5.74, 6) is 0.775. The van der Waals surface area contributed by atoms with Crippen LogP contribution in [0.3, 0.4) is 0 Å². The van der Waals surface area contributed by atoms with Gasteiger partial charge in [-0.05, 0) is 44.3 Å². The van der Waals surface area contributed by atoms with Gasteiger partial charge in [-0.25, -0.2) is 0 Å². The first-order valence-electron chi connectivity index (χ1n) is 8.22. The lowest BCUT2D eigenvalue weighted by Gasteiger charge is -2.30. The van der Waals surface area contributed by atoms with Crippen LogP contribution >= 0.6 is 0 Å². The Hall–Kier alpha value is -1.55. The number of carbonyl (C=O) groups is 1. The van der Waals surface area contributed by atoms with Gasteiger partial charge in [-0.15, -0.1) is 0 Å². The first-order chi connectivity index (χ1) is 10.6. The fourth-order valence-corrected chi connectivity index (χ4v) is 2.76. The smallest absolute Gasteiger partial charge is 0.306 e. The van der Waals surface area contributed by atoms with E-state index in [4.69, 9.17) is 9.84 Å². The van der Waals surface area contributed by atoms with Gasteiger partial charge in [0.2, 0.25) is 0 Å². The van der Waals surface area contributed by atoms with Crippen molar-refractivity contribution in [1.29, 1.82) is 0 Å². The minimum absolute atomic E-state index is 0.172. The number of para-hydroxylation sites is 1. The standard InChI is InChI=1S/C18H27NO3/c1-14(2)9-12-22-17-6-4-3-5-16(17)13-19-10-7-15(8-11-19)18(20)21/h3-6,14-15H,7-13H2,1-2H3,(H,20,21). The number of likely N-dealkylation sites (tertiary alicyclic amines) is 1. The zero-order valence-electron chi connectivity index (χ0n) is 13.6. The first-order valence-corrected chi connectivity index (χ1v) is 8.22. The van der Waals surface area contributed by atoms with Crippen LogP contribution in [-0.2, 0) is 11.3 Å². The van der Waals surface area contributed by atoms with Crippen molar-refractivity contribution in [2.45, 2.75) is 39.7 Å². The van der Waals surface area contributed by atoms with Gasteiger partial charge in [0, 0.05) is 12.1 Å². The van der Waals surface area contributed by atoms with Crippen LogP contribution in [0.2, 0.25) is 0 Å². The molecule has 0 bridgehead atoms. The molecular formula is C18H27NO3. The van der Waals surface area contributed by atoms with Crippen molar-refractivity contribution in [3.63, 3.8) is 0 Å². The molecule has 1 aromatic rings. The number of benzene rings is 1. The predicted octanol–water partition coefficient (Wildman–Crippen LogP) is 3.41. The number of carboxylic acid groups (broad SMARTS) is 1. The molecule has 1 fully saturated rings. The van der Waals surface area contributed by atoms with E-state index in [1.165, 1.54) is 5.56 Å². The highest BCUT2D eigenvalue weighted by Crippen LogP contribution is 2.24. The highest BCUT2D eigenvalue weighted by molar-refractivity contribution is 5.70. The van der Waals surface area contributed by atoms with E-state index in [0.29, 0.717) is 5.92 Å². The van der Waals surface area contributed by atoms with Crippen molar-refractivity contribution < 1.29 is 14.6 Å². The zero-order valence-corrected chi connectivity index (χ0v) is 13.6. The Morgan fingerprint density at radius 2 is 2.00 bits per heavy atom. The molecule has 0 saturated carbocycles. The van der Waals surface area contributed by atoms with E-state index >= 15 is 0 Å². The number of hydrogen-bond donors (Lipinski definition) is 1. The van der Waals surface area contributed by atoms with E-state index in [9.17, 15) is 4.79 Å². The topological polar surface area (TPSA) is 49.8 Å². The molecule has 4 heteroatoms. The maximum absolute atomic E-state index is 11.0. The van der Waals surface area contributed by atoms with Crippen molar-refractivity contribution in [2.24, 2.45) is 11.8 Å². The van der Waals surface area contributed by atoms with Crippen LogP contribution in [-0.4, -0.2) is 35.7 Å². The second-order valence-electron chi connectivity index (χ2n) is 6.53. The number of nitrogens with zero attached hydrogens (tertiary/aromatic N) is 1. The van der Waals surface area contributed by atoms with Crippen LogP contribution in [0.15, 0.2) is 24.3 Å². The van der Waals surface area contributed by atoms with E-state index in [-0.39, 0.29) is 5.92 Å². The number of piperidine rings is 1. The first kappa shape index (κ1) is 16.8. The van der Waals surface area contributed by atoms with Gasteiger partial charge in [-0.2, -0.15) is 0 Å². The molecule has 22 heavy (non-hydrogen) atoms. The molecule has 1 aliphatic rings. The minimum atomic E-state index is -0.655. The van der Waals surface area contributed by atoms with Crippen LogP contribution in [0.25, 0.3) is 0 Å². The van der Waals surface area contributed by atoms with Crippen molar-refractivity contribution in [2.75, 3.05) is 19.7 Å². The third-order valence-corrected chi connectivity index (χ3v) is 4.26. The minimum Gasteiger partial charge on any atom is -0.493 e. The molecule has 4 nitrogen and oxygen atoms in total. The number of carboxylic acids is 1. The van der Waals surface area contributed by atoms with Crippen LogP contribution in [0.1, 0.15) is 38.7 Å². The molecule has 2 rings (SSSR count). The second kappa shape index (κ2) is 8.18. The van der Waals surface area contributed by atoms with E-state index in [0.717, 1.165) is 51.3 Å². The summed E-state index contributed by atoms with van der Waals surface area (Å²) in [6.45, 7) is 7.66. The highest BCUT2D eigenvalue weighted by Gasteiger charge is 2.24. The Balaban J connectivity index is 1.88. The molecule has 122 valence electrons. The highest BCUT2D eigenvalue weighted by atomic mass is 16.5. The van der Waals surface area contributed by atoms with E-state index in [2.05, 4.69) is 24.8 Å². The molecule has 0 aromatic heterocycles. The molecule has 0 amide bonds. The molecule has 0 unspecified atom stereocenters. The van der Waals surface area contributed by atoms with Crippen LogP contribution in [0.4, 0.5) is 0 Å². The fraction of sp³-hybridized carbons (Fsp3) is 0.611. The third kappa shape index (κ3) is 5.02. The number of ether oxygens (including phenoxy) is 1. The zero-order chi connectivity index (χ0) is 15.9. The molecule has 0 aliphatic carbocycles.